The predicted octanol–water partition coefficient (Wildman–Crippen LogP) is 7.21. The summed E-state index contributed by atoms with van der Waals surface area (Å²) in [5.74, 6) is 7.12. The molecule has 0 aliphatic heterocycles. The zero-order chi connectivity index (χ0) is 24.4. The Morgan fingerprint density at radius 3 is 1.42 bits per heavy atom. The second-order valence-electron chi connectivity index (χ2n) is 10.1. The lowest BCUT2D eigenvalue weighted by molar-refractivity contribution is -0.596. The van der Waals surface area contributed by atoms with E-state index in [1.165, 1.54) is 33.6 Å². The van der Waals surface area contributed by atoms with Gasteiger partial charge in [0.1, 0.15) is 23.8 Å². The van der Waals surface area contributed by atoms with Crippen molar-refractivity contribution in [2.75, 3.05) is 0 Å². The summed E-state index contributed by atoms with van der Waals surface area (Å²) in [6.45, 7) is 17.8. The smallest absolute Gasteiger partial charge is 0.201 e. The molecule has 3 rings (SSSR count). The first kappa shape index (κ1) is 24.4. The van der Waals surface area contributed by atoms with Crippen LogP contribution in [0.4, 0.5) is 0 Å². The molecule has 0 amide bonds. The molecule has 0 bridgehead atoms. The van der Waals surface area contributed by atoms with Crippen LogP contribution in [0.5, 0.6) is 0 Å². The molecule has 0 atom stereocenters. The molecule has 0 spiro atoms. The first-order chi connectivity index (χ1) is 15.6. The zero-order valence-electron chi connectivity index (χ0n) is 21.4. The molecule has 2 nitrogen and oxygen atoms in total. The highest BCUT2D eigenvalue weighted by Crippen LogP contribution is 2.33. The number of hydrogen-bond acceptors (Lipinski definition) is 0. The van der Waals surface area contributed by atoms with Gasteiger partial charge in [-0.05, 0) is 47.9 Å². The molecule has 0 N–H and O–H groups in total. The van der Waals surface area contributed by atoms with Crippen molar-refractivity contribution in [3.8, 4) is 36.1 Å². The molecule has 0 saturated heterocycles. The van der Waals surface area contributed by atoms with E-state index in [0.717, 1.165) is 11.1 Å². The van der Waals surface area contributed by atoms with Crippen LogP contribution < -0.4 is 4.57 Å². The first-order valence-corrected chi connectivity index (χ1v) is 12.0. The van der Waals surface area contributed by atoms with E-state index in [2.05, 4.69) is 119 Å². The Labute approximate surface area is 200 Å². The number of nitrogens with zero attached hydrogens (tertiary/aromatic N) is 2. The maximum absolute atomic E-state index is 5.80. The Morgan fingerprint density at radius 1 is 0.667 bits per heavy atom. The van der Waals surface area contributed by atoms with Crippen LogP contribution in [0.2, 0.25) is 0 Å². The maximum Gasteiger partial charge on any atom is 0.254 e. The normalized spacial score (nSPS) is 11.5. The molecule has 2 aromatic carbocycles. The van der Waals surface area contributed by atoms with Gasteiger partial charge in [0.15, 0.2) is 0 Å². The fourth-order valence-corrected chi connectivity index (χ4v) is 4.50. The third kappa shape index (κ3) is 4.77. The van der Waals surface area contributed by atoms with E-state index >= 15 is 0 Å². The number of hydrogen-bond donors (Lipinski definition) is 0. The molecule has 0 unspecified atom stereocenters. The van der Waals surface area contributed by atoms with E-state index in [0.29, 0.717) is 23.7 Å². The monoisotopic (exact) mass is 437 g/mol. The SMILES string of the molecule is C#Cc1cc(C(C)C)c(-n2cc[n+](-c3c(C(C)C)cc(C#C)cc3C(C)C)c2)c(C(C)C)c1. The van der Waals surface area contributed by atoms with Crippen molar-refractivity contribution in [3.05, 3.63) is 76.4 Å². The Kier molecular flexibility index (Phi) is 7.19. The lowest BCUT2D eigenvalue weighted by Crippen LogP contribution is -2.32. The molecular weight excluding hydrogens is 400 g/mol. The third-order valence-electron chi connectivity index (χ3n) is 6.31. The van der Waals surface area contributed by atoms with Crippen molar-refractivity contribution in [2.24, 2.45) is 0 Å². The van der Waals surface area contributed by atoms with Crippen LogP contribution in [0.3, 0.4) is 0 Å². The molecule has 3 aromatic rings. The Bertz CT molecular complexity index is 1080. The van der Waals surface area contributed by atoms with E-state index in [4.69, 9.17) is 12.8 Å². The average molecular weight is 438 g/mol. The summed E-state index contributed by atoms with van der Waals surface area (Å²) >= 11 is 0. The second kappa shape index (κ2) is 9.72. The van der Waals surface area contributed by atoms with Gasteiger partial charge < -0.3 is 0 Å². The molecule has 170 valence electrons. The van der Waals surface area contributed by atoms with Crippen molar-refractivity contribution >= 4 is 0 Å². The lowest BCUT2D eigenvalue weighted by Gasteiger charge is -2.18. The number of terminal acetylenes is 2. The zero-order valence-corrected chi connectivity index (χ0v) is 21.4. The molecule has 1 heterocycles. The van der Waals surface area contributed by atoms with Gasteiger partial charge in [0, 0.05) is 33.4 Å². The minimum Gasteiger partial charge on any atom is -0.201 e. The number of rotatable bonds is 6. The van der Waals surface area contributed by atoms with Gasteiger partial charge in [-0.25, -0.2) is 9.13 Å². The van der Waals surface area contributed by atoms with Gasteiger partial charge in [0.05, 0.1) is 0 Å². The molecule has 0 radical (unpaired) electrons. The predicted molar refractivity (Wildman–Crippen MR) is 140 cm³/mol. The van der Waals surface area contributed by atoms with E-state index in [1.807, 2.05) is 0 Å². The summed E-state index contributed by atoms with van der Waals surface area (Å²) in [7, 11) is 0. The van der Waals surface area contributed by atoms with Crippen LogP contribution in [-0.4, -0.2) is 4.57 Å². The largest absolute Gasteiger partial charge is 0.254 e. The van der Waals surface area contributed by atoms with Crippen LogP contribution >= 0.6 is 0 Å². The van der Waals surface area contributed by atoms with E-state index in [9.17, 15) is 0 Å². The maximum atomic E-state index is 5.80. The van der Waals surface area contributed by atoms with E-state index in [-0.39, 0.29) is 0 Å². The summed E-state index contributed by atoms with van der Waals surface area (Å²) in [6.07, 6.45) is 18.1. The number of benzene rings is 2. The van der Waals surface area contributed by atoms with Gasteiger partial charge in [-0.2, -0.15) is 0 Å². The quantitative estimate of drug-likeness (QED) is 0.284. The van der Waals surface area contributed by atoms with Crippen molar-refractivity contribution < 1.29 is 4.57 Å². The van der Waals surface area contributed by atoms with E-state index in [1.54, 1.807) is 0 Å². The average Bonchev–Trinajstić information content (AvgIpc) is 3.26. The van der Waals surface area contributed by atoms with Crippen molar-refractivity contribution in [1.82, 2.24) is 4.57 Å². The van der Waals surface area contributed by atoms with Gasteiger partial charge >= 0.3 is 0 Å². The minimum atomic E-state index is 0.356. The molecule has 0 fully saturated rings. The van der Waals surface area contributed by atoms with Gasteiger partial charge in [-0.15, -0.1) is 12.8 Å². The summed E-state index contributed by atoms with van der Waals surface area (Å²) < 4.78 is 4.52. The molecule has 0 aliphatic rings. The van der Waals surface area contributed by atoms with Crippen molar-refractivity contribution in [2.45, 2.75) is 79.1 Å². The number of aromatic nitrogens is 2. The van der Waals surface area contributed by atoms with Gasteiger partial charge in [-0.1, -0.05) is 67.2 Å². The summed E-state index contributed by atoms with van der Waals surface area (Å²) in [4.78, 5) is 0. The Hall–Kier alpha value is -3.23. The Balaban J connectivity index is 2.31. The number of imidazole rings is 1. The standard InChI is InChI=1S/C31H37N2/c1-11-24-15-26(20(3)4)30(27(16-24)21(5)6)32-13-14-33(19-32)31-28(22(7)8)17-25(12-2)18-29(31)23(9)10/h1-2,13-23H,3-10H3/q+1. The molecule has 0 saturated carbocycles. The van der Waals surface area contributed by atoms with Gasteiger partial charge in [-0.3, -0.25) is 0 Å². The highest BCUT2D eigenvalue weighted by atomic mass is 15.1. The Morgan fingerprint density at radius 2 is 1.06 bits per heavy atom. The second-order valence-corrected chi connectivity index (χ2v) is 10.1. The van der Waals surface area contributed by atoms with Crippen LogP contribution in [0, 0.1) is 24.7 Å². The van der Waals surface area contributed by atoms with Gasteiger partial charge in [0.2, 0.25) is 0 Å². The van der Waals surface area contributed by atoms with Crippen LogP contribution in [0.1, 0.15) is 112 Å². The summed E-state index contributed by atoms with van der Waals surface area (Å²) in [5, 5.41) is 0. The third-order valence-corrected chi connectivity index (χ3v) is 6.31. The van der Waals surface area contributed by atoms with Crippen LogP contribution in [0.25, 0.3) is 11.4 Å². The molecular formula is C31H37N2+. The molecule has 0 aliphatic carbocycles. The summed E-state index contributed by atoms with van der Waals surface area (Å²) in [5.41, 5.74) is 9.44. The molecule has 33 heavy (non-hydrogen) atoms. The van der Waals surface area contributed by atoms with Crippen LogP contribution in [-0.2, 0) is 0 Å². The molecule has 2 heteroatoms. The fourth-order valence-electron chi connectivity index (χ4n) is 4.50. The van der Waals surface area contributed by atoms with Crippen LogP contribution in [0.15, 0.2) is 43.0 Å². The lowest BCUT2D eigenvalue weighted by atomic mass is 9.90. The highest BCUT2D eigenvalue weighted by Gasteiger charge is 2.25. The fraction of sp³-hybridized carbons (Fsp3) is 0.387. The topological polar surface area (TPSA) is 8.81 Å². The van der Waals surface area contributed by atoms with Crippen molar-refractivity contribution in [1.29, 1.82) is 0 Å². The van der Waals surface area contributed by atoms with E-state index < -0.39 is 0 Å². The highest BCUT2D eigenvalue weighted by molar-refractivity contribution is 5.56. The van der Waals surface area contributed by atoms with Gasteiger partial charge in [0.25, 0.3) is 6.33 Å². The molecule has 1 aromatic heterocycles. The minimum absolute atomic E-state index is 0.356. The first-order valence-electron chi connectivity index (χ1n) is 12.0. The summed E-state index contributed by atoms with van der Waals surface area (Å²) in [6, 6.07) is 8.65. The van der Waals surface area contributed by atoms with Crippen molar-refractivity contribution in [3.63, 3.8) is 0 Å².